The molecule has 2 rings (SSSR count). The molecule has 0 atom stereocenters. The Kier molecular flexibility index (Phi) is 4.06. The lowest BCUT2D eigenvalue weighted by molar-refractivity contribution is 0.577. The summed E-state index contributed by atoms with van der Waals surface area (Å²) in [7, 11) is -3.55. The number of rotatable bonds is 6. The van der Waals surface area contributed by atoms with Crippen molar-refractivity contribution in [3.05, 3.63) is 36.0 Å². The number of nitrogens with one attached hydrogen (secondary N) is 2. The van der Waals surface area contributed by atoms with E-state index in [9.17, 15) is 8.42 Å². The Morgan fingerprint density at radius 2 is 2.26 bits per heavy atom. The Morgan fingerprint density at radius 3 is 2.89 bits per heavy atom. The lowest BCUT2D eigenvalue weighted by Crippen LogP contribution is -2.23. The van der Waals surface area contributed by atoms with Gasteiger partial charge in [0.15, 0.2) is 5.03 Å². The zero-order chi connectivity index (χ0) is 13.9. The fourth-order valence-corrected chi connectivity index (χ4v) is 2.82. The first-order valence-electron chi connectivity index (χ1n) is 6.18. The second-order valence-corrected chi connectivity index (χ2v) is 6.08. The molecule has 104 valence electrons. The molecule has 7 heteroatoms. The average Bonchev–Trinajstić information content (AvgIpc) is 2.98. The van der Waals surface area contributed by atoms with Gasteiger partial charge < -0.3 is 9.55 Å². The molecule has 0 spiro atoms. The summed E-state index contributed by atoms with van der Waals surface area (Å²) in [6.07, 6.45) is 6.03. The van der Waals surface area contributed by atoms with Crippen molar-refractivity contribution in [2.45, 2.75) is 38.4 Å². The monoisotopic (exact) mass is 282 g/mol. The summed E-state index contributed by atoms with van der Waals surface area (Å²) in [5, 5.41) is 0.0778. The fourth-order valence-electron chi connectivity index (χ4n) is 1.80. The topological polar surface area (TPSA) is 79.8 Å². The van der Waals surface area contributed by atoms with Crippen LogP contribution in [0.2, 0.25) is 0 Å². The molecule has 6 nitrogen and oxygen atoms in total. The molecule has 19 heavy (non-hydrogen) atoms. The number of hydrogen-bond donors (Lipinski definition) is 2. The van der Waals surface area contributed by atoms with E-state index in [1.165, 1.54) is 0 Å². The molecule has 0 bridgehead atoms. The predicted octanol–water partition coefficient (Wildman–Crippen LogP) is 1.41. The Hall–Kier alpha value is -1.60. The van der Waals surface area contributed by atoms with E-state index in [0.29, 0.717) is 5.82 Å². The molecule has 0 aliphatic carbocycles. The van der Waals surface area contributed by atoms with E-state index in [0.717, 1.165) is 18.5 Å². The summed E-state index contributed by atoms with van der Waals surface area (Å²) in [6.45, 7) is 4.87. The van der Waals surface area contributed by atoms with Crippen LogP contribution in [0.5, 0.6) is 0 Å². The summed E-state index contributed by atoms with van der Waals surface area (Å²) < 4.78 is 28.6. The highest BCUT2D eigenvalue weighted by atomic mass is 32.2. The maximum absolute atomic E-state index is 12.1. The minimum atomic E-state index is -3.55. The highest BCUT2D eigenvalue weighted by Crippen LogP contribution is 2.10. The number of aromatic nitrogens is 3. The molecular formula is C12H18N4O2S. The van der Waals surface area contributed by atoms with E-state index in [-0.39, 0.29) is 11.6 Å². The number of sulfonamides is 1. The van der Waals surface area contributed by atoms with Gasteiger partial charge in [-0.05, 0) is 25.0 Å². The molecule has 0 saturated heterocycles. The van der Waals surface area contributed by atoms with Crippen molar-refractivity contribution in [3.8, 4) is 0 Å². The van der Waals surface area contributed by atoms with Crippen LogP contribution in [-0.4, -0.2) is 23.0 Å². The molecule has 0 aromatic carbocycles. The van der Waals surface area contributed by atoms with E-state index in [2.05, 4.69) is 14.7 Å². The molecule has 0 aliphatic rings. The van der Waals surface area contributed by atoms with Crippen molar-refractivity contribution in [1.29, 1.82) is 0 Å². The predicted molar refractivity (Wildman–Crippen MR) is 72.1 cm³/mol. The largest absolute Gasteiger partial charge is 0.367 e. The maximum Gasteiger partial charge on any atom is 0.259 e. The van der Waals surface area contributed by atoms with Gasteiger partial charge in [-0.3, -0.25) is 0 Å². The molecule has 0 radical (unpaired) electrons. The zero-order valence-electron chi connectivity index (χ0n) is 11.0. The van der Waals surface area contributed by atoms with Gasteiger partial charge in [0, 0.05) is 31.7 Å². The fraction of sp³-hybridized carbons (Fsp3) is 0.417. The highest BCUT2D eigenvalue weighted by Gasteiger charge is 2.18. The van der Waals surface area contributed by atoms with Crippen molar-refractivity contribution in [2.75, 3.05) is 0 Å². The highest BCUT2D eigenvalue weighted by molar-refractivity contribution is 7.89. The van der Waals surface area contributed by atoms with Gasteiger partial charge >= 0.3 is 0 Å². The van der Waals surface area contributed by atoms with Crippen molar-refractivity contribution < 1.29 is 8.42 Å². The first kappa shape index (κ1) is 13.8. The van der Waals surface area contributed by atoms with Crippen LogP contribution in [0.1, 0.15) is 24.7 Å². The summed E-state index contributed by atoms with van der Waals surface area (Å²) >= 11 is 0. The van der Waals surface area contributed by atoms with Crippen LogP contribution < -0.4 is 4.72 Å². The van der Waals surface area contributed by atoms with Crippen LogP contribution in [0.15, 0.2) is 29.7 Å². The molecule has 2 heterocycles. The first-order chi connectivity index (χ1) is 9.03. The van der Waals surface area contributed by atoms with E-state index in [4.69, 9.17) is 0 Å². The standard InChI is InChI=1S/C12H18N4O2S/c1-3-6-16-9-12(15-10(16)2)19(17,18)14-8-11-4-5-13-7-11/h4-5,7,9,13-14H,3,6,8H2,1-2H3. The summed E-state index contributed by atoms with van der Waals surface area (Å²) in [4.78, 5) is 6.99. The number of hydrogen-bond acceptors (Lipinski definition) is 3. The van der Waals surface area contributed by atoms with Gasteiger partial charge in [-0.15, -0.1) is 0 Å². The average molecular weight is 282 g/mol. The van der Waals surface area contributed by atoms with Gasteiger partial charge in [0.2, 0.25) is 0 Å². The molecule has 0 aliphatic heterocycles. The quantitative estimate of drug-likeness (QED) is 0.840. The number of H-pyrrole nitrogens is 1. The van der Waals surface area contributed by atoms with Crippen LogP contribution in [0.4, 0.5) is 0 Å². The minimum Gasteiger partial charge on any atom is -0.367 e. The molecule has 0 amide bonds. The number of nitrogens with zero attached hydrogens (tertiary/aromatic N) is 2. The SMILES string of the molecule is CCCn1cc(S(=O)(=O)NCc2cc[nH]c2)nc1C. The first-order valence-corrected chi connectivity index (χ1v) is 7.66. The van der Waals surface area contributed by atoms with E-state index >= 15 is 0 Å². The lowest BCUT2D eigenvalue weighted by Gasteiger charge is -2.02. The summed E-state index contributed by atoms with van der Waals surface area (Å²) in [5.41, 5.74) is 0.883. The van der Waals surface area contributed by atoms with Gasteiger partial charge in [0.25, 0.3) is 10.0 Å². The van der Waals surface area contributed by atoms with Crippen LogP contribution in [-0.2, 0) is 23.1 Å². The second kappa shape index (κ2) is 5.58. The maximum atomic E-state index is 12.1. The lowest BCUT2D eigenvalue weighted by atomic mass is 10.4. The van der Waals surface area contributed by atoms with Crippen molar-refractivity contribution in [3.63, 3.8) is 0 Å². The van der Waals surface area contributed by atoms with Gasteiger partial charge in [-0.25, -0.2) is 18.1 Å². The second-order valence-electron chi connectivity index (χ2n) is 4.36. The molecular weight excluding hydrogens is 264 g/mol. The summed E-state index contributed by atoms with van der Waals surface area (Å²) in [6, 6.07) is 1.82. The van der Waals surface area contributed by atoms with Crippen LogP contribution in [0, 0.1) is 6.92 Å². The molecule has 2 aromatic heterocycles. The van der Waals surface area contributed by atoms with Gasteiger partial charge in [-0.1, -0.05) is 6.92 Å². The Labute approximate surface area is 112 Å². The third kappa shape index (κ3) is 3.24. The van der Waals surface area contributed by atoms with Crippen LogP contribution in [0.25, 0.3) is 0 Å². The number of imidazole rings is 1. The van der Waals surface area contributed by atoms with E-state index < -0.39 is 10.0 Å². The van der Waals surface area contributed by atoms with Crippen molar-refractivity contribution in [2.24, 2.45) is 0 Å². The van der Waals surface area contributed by atoms with Crippen molar-refractivity contribution in [1.82, 2.24) is 19.3 Å². The number of aryl methyl sites for hydroxylation is 2. The smallest absolute Gasteiger partial charge is 0.259 e. The van der Waals surface area contributed by atoms with E-state index in [1.54, 1.807) is 25.5 Å². The minimum absolute atomic E-state index is 0.0778. The van der Waals surface area contributed by atoms with Crippen molar-refractivity contribution >= 4 is 10.0 Å². The molecule has 2 N–H and O–H groups in total. The molecule has 2 aromatic rings. The van der Waals surface area contributed by atoms with E-state index in [1.807, 2.05) is 17.6 Å². The Morgan fingerprint density at radius 1 is 1.47 bits per heavy atom. The molecule has 0 unspecified atom stereocenters. The molecule has 0 saturated carbocycles. The van der Waals surface area contributed by atoms with Gasteiger partial charge in [0.1, 0.15) is 5.82 Å². The van der Waals surface area contributed by atoms with Crippen LogP contribution in [0.3, 0.4) is 0 Å². The Balaban J connectivity index is 2.12. The Bertz CT molecular complexity index is 629. The third-order valence-electron chi connectivity index (χ3n) is 2.82. The third-order valence-corrected chi connectivity index (χ3v) is 4.09. The normalized spacial score (nSPS) is 11.9. The molecule has 0 fully saturated rings. The summed E-state index contributed by atoms with van der Waals surface area (Å²) in [5.74, 6) is 0.712. The van der Waals surface area contributed by atoms with Gasteiger partial charge in [0.05, 0.1) is 0 Å². The number of aromatic amines is 1. The van der Waals surface area contributed by atoms with Crippen LogP contribution >= 0.6 is 0 Å². The van der Waals surface area contributed by atoms with Gasteiger partial charge in [-0.2, -0.15) is 0 Å². The zero-order valence-corrected chi connectivity index (χ0v) is 11.9.